The summed E-state index contributed by atoms with van der Waals surface area (Å²) in [6.45, 7) is 8.58. The number of hydrogen-bond acceptors (Lipinski definition) is 6. The summed E-state index contributed by atoms with van der Waals surface area (Å²) in [6, 6.07) is 20.7. The van der Waals surface area contributed by atoms with Crippen LogP contribution < -0.4 is 11.1 Å². The summed E-state index contributed by atoms with van der Waals surface area (Å²) in [4.78, 5) is 22.7. The van der Waals surface area contributed by atoms with E-state index >= 15 is 0 Å². The molecule has 220 valence electrons. The first kappa shape index (κ1) is 28.4. The zero-order valence-electron chi connectivity index (χ0n) is 25.1. The molecule has 2 aromatic carbocycles. The number of nitrogens with two attached hydrogens (primary N) is 1. The number of anilines is 2. The maximum absolute atomic E-state index is 13.2. The largest absolute Gasteiger partial charge is 0.382 e. The van der Waals surface area contributed by atoms with Crippen LogP contribution in [0.5, 0.6) is 0 Å². The molecule has 2 aliphatic rings. The lowest BCUT2D eigenvalue weighted by atomic mass is 9.84. The molecule has 1 amide bonds. The number of carbonyl (C=O) groups excluding carboxylic acids is 1. The van der Waals surface area contributed by atoms with E-state index in [9.17, 15) is 4.79 Å². The summed E-state index contributed by atoms with van der Waals surface area (Å²) < 4.78 is 1.93. The number of nitrogens with one attached hydrogen (secondary N) is 1. The Morgan fingerprint density at radius 1 is 0.952 bits per heavy atom. The van der Waals surface area contributed by atoms with Crippen LogP contribution in [0, 0.1) is 5.41 Å². The van der Waals surface area contributed by atoms with Gasteiger partial charge in [0, 0.05) is 34.6 Å². The normalized spacial score (nSPS) is 18.0. The van der Waals surface area contributed by atoms with Gasteiger partial charge in [0.05, 0.1) is 11.4 Å². The molecule has 0 aliphatic carbocycles. The summed E-state index contributed by atoms with van der Waals surface area (Å²) in [5.74, 6) is 0.865. The molecule has 42 heavy (non-hydrogen) atoms. The van der Waals surface area contributed by atoms with Gasteiger partial charge in [0.1, 0.15) is 11.3 Å². The van der Waals surface area contributed by atoms with Crippen LogP contribution in [0.2, 0.25) is 0 Å². The van der Waals surface area contributed by atoms with Crippen molar-refractivity contribution in [1.29, 1.82) is 0 Å². The molecule has 8 heteroatoms. The van der Waals surface area contributed by atoms with E-state index in [-0.39, 0.29) is 5.91 Å². The van der Waals surface area contributed by atoms with Gasteiger partial charge in [0.25, 0.3) is 0 Å². The van der Waals surface area contributed by atoms with Gasteiger partial charge in [-0.3, -0.25) is 4.79 Å². The van der Waals surface area contributed by atoms with E-state index in [1.165, 1.54) is 25.9 Å². The van der Waals surface area contributed by atoms with Crippen LogP contribution in [0.3, 0.4) is 0 Å². The smallest absolute Gasteiger partial charge is 0.230 e. The van der Waals surface area contributed by atoms with E-state index in [0.717, 1.165) is 59.5 Å². The van der Waals surface area contributed by atoms with E-state index in [4.69, 9.17) is 10.8 Å². The number of likely N-dealkylation sites (tertiary alicyclic amines) is 2. The molecule has 0 saturated carbocycles. The van der Waals surface area contributed by atoms with Gasteiger partial charge in [0.2, 0.25) is 5.91 Å². The molecule has 2 aromatic heterocycles. The Kier molecular flexibility index (Phi) is 8.01. The predicted molar refractivity (Wildman–Crippen MR) is 170 cm³/mol. The SMILES string of the molecule is CN1CCC(N2CCC(c3nn(-c4ccc(NC(=O)C(C)(C)Cc5ccccc5)cc4)c4c(N)nccc34)CC2)CC1. The highest BCUT2D eigenvalue weighted by atomic mass is 16.2. The van der Waals surface area contributed by atoms with Crippen molar-refractivity contribution in [1.82, 2.24) is 24.6 Å². The predicted octanol–water partition coefficient (Wildman–Crippen LogP) is 5.48. The second-order valence-electron chi connectivity index (χ2n) is 12.8. The number of amides is 1. The number of hydrogen-bond donors (Lipinski definition) is 2. The van der Waals surface area contributed by atoms with Crippen LogP contribution in [0.1, 0.15) is 56.7 Å². The number of nitrogen functional groups attached to an aromatic ring is 1. The van der Waals surface area contributed by atoms with Gasteiger partial charge in [-0.1, -0.05) is 44.2 Å². The fourth-order valence-corrected chi connectivity index (χ4v) is 6.67. The van der Waals surface area contributed by atoms with Crippen molar-refractivity contribution in [3.63, 3.8) is 0 Å². The highest BCUT2D eigenvalue weighted by Crippen LogP contribution is 2.36. The second kappa shape index (κ2) is 11.9. The number of pyridine rings is 1. The molecule has 0 spiro atoms. The maximum Gasteiger partial charge on any atom is 0.230 e. The lowest BCUT2D eigenvalue weighted by Gasteiger charge is -2.40. The van der Waals surface area contributed by atoms with Crippen molar-refractivity contribution in [2.75, 3.05) is 44.3 Å². The van der Waals surface area contributed by atoms with E-state index in [0.29, 0.717) is 24.2 Å². The van der Waals surface area contributed by atoms with Gasteiger partial charge in [-0.2, -0.15) is 5.10 Å². The molecular formula is C34H43N7O. The third-order valence-corrected chi connectivity index (χ3v) is 9.24. The molecule has 6 rings (SSSR count). The molecular weight excluding hydrogens is 522 g/mol. The highest BCUT2D eigenvalue weighted by molar-refractivity contribution is 5.95. The highest BCUT2D eigenvalue weighted by Gasteiger charge is 2.31. The van der Waals surface area contributed by atoms with Gasteiger partial charge in [0.15, 0.2) is 0 Å². The third-order valence-electron chi connectivity index (χ3n) is 9.24. The molecule has 8 nitrogen and oxygen atoms in total. The molecule has 3 N–H and O–H groups in total. The number of nitrogens with zero attached hydrogens (tertiary/aromatic N) is 5. The minimum absolute atomic E-state index is 0.00837. The van der Waals surface area contributed by atoms with Crippen molar-refractivity contribution in [2.45, 2.75) is 57.9 Å². The van der Waals surface area contributed by atoms with Gasteiger partial charge in [-0.15, -0.1) is 0 Å². The second-order valence-corrected chi connectivity index (χ2v) is 12.8. The van der Waals surface area contributed by atoms with Crippen LogP contribution >= 0.6 is 0 Å². The van der Waals surface area contributed by atoms with Crippen molar-refractivity contribution < 1.29 is 4.79 Å². The first-order chi connectivity index (χ1) is 20.3. The lowest BCUT2D eigenvalue weighted by molar-refractivity contribution is -0.123. The van der Waals surface area contributed by atoms with Gasteiger partial charge < -0.3 is 20.9 Å². The zero-order valence-corrected chi connectivity index (χ0v) is 25.1. The van der Waals surface area contributed by atoms with Crippen LogP contribution in [0.4, 0.5) is 11.5 Å². The number of piperidine rings is 2. The molecule has 0 radical (unpaired) electrons. The molecule has 4 aromatic rings. The zero-order chi connectivity index (χ0) is 29.3. The Morgan fingerprint density at radius 3 is 2.33 bits per heavy atom. The van der Waals surface area contributed by atoms with Crippen LogP contribution in [0.25, 0.3) is 16.6 Å². The quantitative estimate of drug-likeness (QED) is 0.308. The average Bonchev–Trinajstić information content (AvgIpc) is 3.39. The Hall–Kier alpha value is -3.75. The Morgan fingerprint density at radius 2 is 1.64 bits per heavy atom. The first-order valence-corrected chi connectivity index (χ1v) is 15.3. The Bertz CT molecular complexity index is 1510. The van der Waals surface area contributed by atoms with Crippen molar-refractivity contribution >= 4 is 28.3 Å². The fourth-order valence-electron chi connectivity index (χ4n) is 6.67. The molecule has 2 saturated heterocycles. The molecule has 0 unspecified atom stereocenters. The van der Waals surface area contributed by atoms with Crippen LogP contribution in [0.15, 0.2) is 66.9 Å². The van der Waals surface area contributed by atoms with E-state index in [1.807, 2.05) is 61.0 Å². The average molecular weight is 566 g/mol. The molecule has 4 heterocycles. The summed E-state index contributed by atoms with van der Waals surface area (Å²) in [5, 5.41) is 9.34. The first-order valence-electron chi connectivity index (χ1n) is 15.3. The summed E-state index contributed by atoms with van der Waals surface area (Å²) in [7, 11) is 2.22. The maximum atomic E-state index is 13.2. The number of rotatable bonds is 7. The Labute approximate surface area is 248 Å². The topological polar surface area (TPSA) is 92.3 Å². The molecule has 2 fully saturated rings. The van der Waals surface area contributed by atoms with E-state index in [2.05, 4.69) is 45.3 Å². The van der Waals surface area contributed by atoms with Crippen molar-refractivity contribution in [2.24, 2.45) is 5.41 Å². The van der Waals surface area contributed by atoms with Crippen molar-refractivity contribution in [3.8, 4) is 5.69 Å². The van der Waals surface area contributed by atoms with Gasteiger partial charge in [-0.05, 0) is 101 Å². The fraction of sp³-hybridized carbons (Fsp3) is 0.441. The summed E-state index contributed by atoms with van der Waals surface area (Å²) in [5.41, 5.74) is 10.7. The van der Waals surface area contributed by atoms with Crippen LogP contribution in [-0.2, 0) is 11.2 Å². The van der Waals surface area contributed by atoms with E-state index < -0.39 is 5.41 Å². The van der Waals surface area contributed by atoms with Crippen molar-refractivity contribution in [3.05, 3.63) is 78.1 Å². The number of aromatic nitrogens is 3. The monoisotopic (exact) mass is 565 g/mol. The number of fused-ring (bicyclic) bond motifs is 1. The summed E-state index contributed by atoms with van der Waals surface area (Å²) in [6.07, 6.45) is 7.19. The standard InChI is InChI=1S/C34H43N7O/c1-34(2,23-24-7-5-4-6-8-24)33(42)37-26-9-11-28(12-10-26)41-31-29(13-18-36-32(31)35)30(38-41)25-14-21-40(22-15-25)27-16-19-39(3)20-17-27/h4-13,18,25,27H,14-17,19-23H2,1-3H3,(H2,35,36)(H,37,42). The minimum Gasteiger partial charge on any atom is -0.382 e. The van der Waals surface area contributed by atoms with Gasteiger partial charge in [-0.25, -0.2) is 9.67 Å². The lowest BCUT2D eigenvalue weighted by Crippen LogP contribution is -2.46. The summed E-state index contributed by atoms with van der Waals surface area (Å²) >= 11 is 0. The Balaban J connectivity index is 1.18. The number of carbonyl (C=O) groups is 1. The minimum atomic E-state index is -0.545. The molecule has 0 atom stereocenters. The van der Waals surface area contributed by atoms with Gasteiger partial charge >= 0.3 is 0 Å². The third kappa shape index (κ3) is 5.92. The van der Waals surface area contributed by atoms with Crippen LogP contribution in [-0.4, -0.2) is 69.7 Å². The van der Waals surface area contributed by atoms with E-state index in [1.54, 1.807) is 6.20 Å². The molecule has 2 aliphatic heterocycles. The molecule has 0 bridgehead atoms. The number of benzene rings is 2.